The van der Waals surface area contributed by atoms with Crippen LogP contribution in [0.5, 0.6) is 0 Å². The van der Waals surface area contributed by atoms with Gasteiger partial charge in [0.05, 0.1) is 5.69 Å². The van der Waals surface area contributed by atoms with E-state index in [0.717, 1.165) is 24.9 Å². The summed E-state index contributed by atoms with van der Waals surface area (Å²) in [5.41, 5.74) is 9.02. The Morgan fingerprint density at radius 2 is 1.72 bits per heavy atom. The van der Waals surface area contributed by atoms with Gasteiger partial charge in [-0.3, -0.25) is 14.4 Å². The van der Waals surface area contributed by atoms with Crippen molar-refractivity contribution in [1.82, 2.24) is 4.90 Å². The number of hydrogen-bond acceptors (Lipinski definition) is 4. The fourth-order valence-electron chi connectivity index (χ4n) is 4.58. The molecule has 2 heterocycles. The first kappa shape index (κ1) is 23.0. The van der Waals surface area contributed by atoms with Crippen molar-refractivity contribution in [2.45, 2.75) is 32.1 Å². The largest absolute Gasteiger partial charge is 0.397 e. The third-order valence-electron chi connectivity index (χ3n) is 6.48. The molecule has 2 aliphatic heterocycles. The topological polar surface area (TPSA) is 92.5 Å². The lowest BCUT2D eigenvalue weighted by atomic mass is 9.78. The minimum atomic E-state index is -0.0906. The lowest BCUT2D eigenvalue weighted by Crippen LogP contribution is -2.43. The fraction of sp³-hybridized carbons (Fsp3) is 0.375. The van der Waals surface area contributed by atoms with Crippen LogP contribution in [0.15, 0.2) is 45.3 Å². The van der Waals surface area contributed by atoms with Crippen LogP contribution in [0.2, 0.25) is 0 Å². The standard InChI is InChI=1S/C24H25Br2N3O3/c25-18-12-16(13-19(26)23(18)27)21(30)5-6-22(31)29-9-7-14(8-10-29)17-11-15-3-1-2-4-20(15)28-24(17)32/h1-4,12-14,17H,5-11,27H2,(H,28,32)/t17-/m0/s1. The zero-order valence-electron chi connectivity index (χ0n) is 17.6. The number of benzene rings is 2. The van der Waals surface area contributed by atoms with E-state index in [-0.39, 0.29) is 42.3 Å². The minimum absolute atomic E-state index is 0.0104. The molecule has 32 heavy (non-hydrogen) atoms. The van der Waals surface area contributed by atoms with E-state index in [9.17, 15) is 14.4 Å². The number of fused-ring (bicyclic) bond motifs is 1. The Morgan fingerprint density at radius 1 is 1.06 bits per heavy atom. The van der Waals surface area contributed by atoms with Crippen LogP contribution in [0.4, 0.5) is 11.4 Å². The highest BCUT2D eigenvalue weighted by Crippen LogP contribution is 2.34. The molecule has 0 saturated carbocycles. The molecular weight excluding hydrogens is 538 g/mol. The zero-order chi connectivity index (χ0) is 22.8. The summed E-state index contributed by atoms with van der Waals surface area (Å²) in [5.74, 6) is 0.195. The molecule has 1 saturated heterocycles. The van der Waals surface area contributed by atoms with Gasteiger partial charge in [0, 0.05) is 52.0 Å². The predicted molar refractivity (Wildman–Crippen MR) is 131 cm³/mol. The molecule has 2 aromatic carbocycles. The second kappa shape index (κ2) is 9.75. The van der Waals surface area contributed by atoms with Crippen molar-refractivity contribution in [2.75, 3.05) is 24.1 Å². The highest BCUT2D eigenvalue weighted by Gasteiger charge is 2.35. The smallest absolute Gasteiger partial charge is 0.228 e. The first-order chi connectivity index (χ1) is 15.3. The molecule has 168 valence electrons. The summed E-state index contributed by atoms with van der Waals surface area (Å²) < 4.78 is 1.30. The molecule has 3 N–H and O–H groups in total. The molecule has 0 aromatic heterocycles. The molecule has 6 nitrogen and oxygen atoms in total. The van der Waals surface area contributed by atoms with Gasteiger partial charge in [0.15, 0.2) is 5.78 Å². The molecular formula is C24H25Br2N3O3. The summed E-state index contributed by atoms with van der Waals surface area (Å²) in [6.07, 6.45) is 2.70. The number of rotatable bonds is 5. The zero-order valence-corrected chi connectivity index (χ0v) is 20.7. The SMILES string of the molecule is Nc1c(Br)cc(C(=O)CCC(=O)N2CCC([C@@H]3Cc4ccccc4NC3=O)CC2)cc1Br. The van der Waals surface area contributed by atoms with Crippen LogP contribution in [0.3, 0.4) is 0 Å². The number of ketones is 1. The number of amides is 2. The van der Waals surface area contributed by atoms with Crippen LogP contribution in [-0.4, -0.2) is 35.6 Å². The Kier molecular flexibility index (Phi) is 7.00. The highest BCUT2D eigenvalue weighted by atomic mass is 79.9. The van der Waals surface area contributed by atoms with Gasteiger partial charge in [-0.1, -0.05) is 18.2 Å². The van der Waals surface area contributed by atoms with Gasteiger partial charge in [-0.2, -0.15) is 0 Å². The third kappa shape index (κ3) is 4.91. The molecule has 1 fully saturated rings. The van der Waals surface area contributed by atoms with Crippen molar-refractivity contribution in [1.29, 1.82) is 0 Å². The number of nitrogens with one attached hydrogen (secondary N) is 1. The van der Waals surface area contributed by atoms with E-state index in [1.165, 1.54) is 5.56 Å². The average Bonchev–Trinajstić information content (AvgIpc) is 2.80. The lowest BCUT2D eigenvalue weighted by Gasteiger charge is -2.37. The van der Waals surface area contributed by atoms with E-state index in [1.54, 1.807) is 12.1 Å². The van der Waals surface area contributed by atoms with E-state index in [0.29, 0.717) is 33.3 Å². The molecule has 4 rings (SSSR count). The Balaban J connectivity index is 1.28. The maximum absolute atomic E-state index is 12.7. The monoisotopic (exact) mass is 561 g/mol. The number of carbonyl (C=O) groups is 3. The molecule has 0 unspecified atom stereocenters. The Labute approximate surface area is 204 Å². The van der Waals surface area contributed by atoms with Crippen LogP contribution in [0.25, 0.3) is 0 Å². The van der Waals surface area contributed by atoms with Crippen molar-refractivity contribution in [3.05, 3.63) is 56.5 Å². The first-order valence-corrected chi connectivity index (χ1v) is 12.4. The molecule has 8 heteroatoms. The van der Waals surface area contributed by atoms with Crippen molar-refractivity contribution >= 4 is 60.8 Å². The number of hydrogen-bond donors (Lipinski definition) is 2. The lowest BCUT2D eigenvalue weighted by molar-refractivity contribution is -0.133. The second-order valence-corrected chi connectivity index (χ2v) is 10.2. The van der Waals surface area contributed by atoms with Crippen LogP contribution >= 0.6 is 31.9 Å². The number of anilines is 2. The number of nitrogen functional groups attached to an aromatic ring is 1. The quantitative estimate of drug-likeness (QED) is 0.404. The van der Waals surface area contributed by atoms with E-state index in [4.69, 9.17) is 5.73 Å². The number of carbonyl (C=O) groups excluding carboxylic acids is 3. The minimum Gasteiger partial charge on any atom is -0.397 e. The van der Waals surface area contributed by atoms with Crippen molar-refractivity contribution < 1.29 is 14.4 Å². The van der Waals surface area contributed by atoms with E-state index in [1.807, 2.05) is 23.1 Å². The molecule has 0 aliphatic carbocycles. The van der Waals surface area contributed by atoms with Crippen molar-refractivity contribution in [3.63, 3.8) is 0 Å². The number of likely N-dealkylation sites (tertiary alicyclic amines) is 1. The number of Topliss-reactive ketones (excluding diaryl/α,β-unsaturated/α-hetero) is 1. The number of piperidine rings is 1. The first-order valence-electron chi connectivity index (χ1n) is 10.8. The van der Waals surface area contributed by atoms with Crippen LogP contribution < -0.4 is 11.1 Å². The van der Waals surface area contributed by atoms with Crippen LogP contribution in [-0.2, 0) is 16.0 Å². The van der Waals surface area contributed by atoms with Crippen LogP contribution in [0, 0.1) is 11.8 Å². The average molecular weight is 563 g/mol. The van der Waals surface area contributed by atoms with Crippen LogP contribution in [0.1, 0.15) is 41.6 Å². The molecule has 2 aliphatic rings. The van der Waals surface area contributed by atoms with Crippen molar-refractivity contribution in [3.8, 4) is 0 Å². The number of nitrogens with two attached hydrogens (primary N) is 1. The van der Waals surface area contributed by atoms with Gasteiger partial charge < -0.3 is 16.0 Å². The van der Waals surface area contributed by atoms with Gasteiger partial charge in [0.25, 0.3) is 0 Å². The van der Waals surface area contributed by atoms with Gasteiger partial charge in [0.1, 0.15) is 0 Å². The van der Waals surface area contributed by atoms with Gasteiger partial charge >= 0.3 is 0 Å². The van der Waals surface area contributed by atoms with Gasteiger partial charge in [0.2, 0.25) is 11.8 Å². The number of halogens is 2. The van der Waals surface area contributed by atoms with Gasteiger partial charge in [-0.25, -0.2) is 0 Å². The Hall–Kier alpha value is -2.19. The maximum Gasteiger partial charge on any atom is 0.228 e. The molecule has 2 aromatic rings. The van der Waals surface area contributed by atoms with E-state index < -0.39 is 0 Å². The Bertz CT molecular complexity index is 1040. The molecule has 0 spiro atoms. The number of para-hydroxylation sites is 1. The van der Waals surface area contributed by atoms with E-state index in [2.05, 4.69) is 43.2 Å². The predicted octanol–water partition coefficient (Wildman–Crippen LogP) is 4.81. The maximum atomic E-state index is 12.7. The highest BCUT2D eigenvalue weighted by molar-refractivity contribution is 9.11. The summed E-state index contributed by atoms with van der Waals surface area (Å²) in [4.78, 5) is 39.7. The van der Waals surface area contributed by atoms with Crippen molar-refractivity contribution in [2.24, 2.45) is 11.8 Å². The summed E-state index contributed by atoms with van der Waals surface area (Å²) >= 11 is 6.70. The summed E-state index contributed by atoms with van der Waals surface area (Å²) in [7, 11) is 0. The summed E-state index contributed by atoms with van der Waals surface area (Å²) in [6.45, 7) is 1.25. The number of nitrogens with zero attached hydrogens (tertiary/aromatic N) is 1. The molecule has 2 amide bonds. The second-order valence-electron chi connectivity index (χ2n) is 8.45. The normalized spacial score (nSPS) is 18.8. The van der Waals surface area contributed by atoms with Gasteiger partial charge in [-0.05, 0) is 80.8 Å². The summed E-state index contributed by atoms with van der Waals surface area (Å²) in [5, 5.41) is 3.03. The Morgan fingerprint density at radius 3 is 2.41 bits per heavy atom. The summed E-state index contributed by atoms with van der Waals surface area (Å²) in [6, 6.07) is 11.3. The van der Waals surface area contributed by atoms with E-state index >= 15 is 0 Å². The molecule has 0 bridgehead atoms. The van der Waals surface area contributed by atoms with Gasteiger partial charge in [-0.15, -0.1) is 0 Å². The molecule has 1 atom stereocenters. The fourth-order valence-corrected chi connectivity index (χ4v) is 5.76. The molecule has 0 radical (unpaired) electrons. The third-order valence-corrected chi connectivity index (χ3v) is 7.79.